The number of unbranched alkanes of at least 4 members (excludes halogenated alkanes) is 5. The van der Waals surface area contributed by atoms with Crippen molar-refractivity contribution in [2.75, 3.05) is 66.7 Å². The van der Waals surface area contributed by atoms with Gasteiger partial charge in [-0.3, -0.25) is 38.9 Å². The Morgan fingerprint density at radius 2 is 1.54 bits per heavy atom. The largest absolute Gasteiger partial charge is 0.507 e. The van der Waals surface area contributed by atoms with Gasteiger partial charge in [-0.1, -0.05) is 49.1 Å². The molecular formula is C50H58N12O7. The number of para-hydroxylation sites is 1. The number of hydrogen-bond donors (Lipinski definition) is 3. The molecule has 4 aliphatic rings. The van der Waals surface area contributed by atoms with Crippen molar-refractivity contribution in [2.24, 2.45) is 0 Å². The summed E-state index contributed by atoms with van der Waals surface area (Å²) in [7, 11) is 1.75. The molecule has 19 nitrogen and oxygen atoms in total. The number of fused-ring (bicyclic) bond motifs is 1. The SMILES string of the molecule is CN(c1cn(CCCCCCCCC(=O)N2CCN(c3ccc(N4CCCC(Oc5cc(-c6ccccc6O)nnc5N)C4)cc3)CC2)nn1)c1cccc2c1C(=O)N(C1CCC(=O)NC1=O)C2=O. The van der Waals surface area contributed by atoms with Crippen LogP contribution in [-0.4, -0.2) is 128 Å². The number of carbonyl (C=O) groups is 5. The zero-order valence-corrected chi connectivity index (χ0v) is 38.8. The number of nitrogens with two attached hydrogens (primary N) is 1. The van der Waals surface area contributed by atoms with Gasteiger partial charge in [-0.25, -0.2) is 0 Å². The van der Waals surface area contributed by atoms with Gasteiger partial charge in [0.1, 0.15) is 23.6 Å². The van der Waals surface area contributed by atoms with Crippen molar-refractivity contribution >= 4 is 58.2 Å². The Hall–Kier alpha value is -7.57. The van der Waals surface area contributed by atoms with Gasteiger partial charge in [0.2, 0.25) is 17.7 Å². The van der Waals surface area contributed by atoms with Crippen molar-refractivity contribution in [1.29, 1.82) is 0 Å². The zero-order chi connectivity index (χ0) is 48.0. The lowest BCUT2D eigenvalue weighted by molar-refractivity contribution is -0.136. The fraction of sp³-hybridized carbons (Fsp3) is 0.420. The lowest BCUT2D eigenvalue weighted by atomic mass is 10.0. The van der Waals surface area contributed by atoms with Gasteiger partial charge in [0.05, 0.1) is 29.6 Å². The minimum atomic E-state index is -1.04. The highest BCUT2D eigenvalue weighted by Gasteiger charge is 2.46. The second-order valence-electron chi connectivity index (χ2n) is 18.1. The highest BCUT2D eigenvalue weighted by atomic mass is 16.5. The second kappa shape index (κ2) is 20.7. The number of nitrogens with zero attached hydrogens (tertiary/aromatic N) is 10. The number of benzene rings is 3. The molecule has 19 heteroatoms. The standard InChI is InChI=1S/C50H58N12O7/c1-57(39-15-10-14-37-46(39)50(68)62(49(37)67)40-22-23-44(64)52-48(40)66)43-32-61(56-54-43)25-9-5-3-2-4-6-17-45(65)59-28-26-58(27-29-59)33-18-20-34(21-19-33)60-24-11-12-35(31-60)69-42-30-38(53-55-47(42)51)36-13-7-8-16-41(36)63/h7-8,10,13-16,18-21,30,32,35,40,63H,2-6,9,11-12,17,22-29,31H2,1H3,(H2,51,55)(H,52,64,66). The van der Waals surface area contributed by atoms with Gasteiger partial charge < -0.3 is 35.2 Å². The summed E-state index contributed by atoms with van der Waals surface area (Å²) in [5.74, 6) is -0.687. The van der Waals surface area contributed by atoms with E-state index in [2.05, 4.69) is 59.9 Å². The van der Waals surface area contributed by atoms with Gasteiger partial charge in [0.15, 0.2) is 17.4 Å². The number of phenols is 1. The number of carbonyl (C=O) groups excluding carboxylic acids is 5. The van der Waals surface area contributed by atoms with E-state index in [1.165, 1.54) is 0 Å². The van der Waals surface area contributed by atoms with Crippen LogP contribution in [0.5, 0.6) is 11.5 Å². The number of ether oxygens (including phenoxy) is 1. The third kappa shape index (κ3) is 10.3. The summed E-state index contributed by atoms with van der Waals surface area (Å²) < 4.78 is 8.14. The third-order valence-corrected chi connectivity index (χ3v) is 13.6. The van der Waals surface area contributed by atoms with Crippen molar-refractivity contribution in [3.8, 4) is 22.8 Å². The van der Waals surface area contributed by atoms with Gasteiger partial charge in [-0.05, 0) is 80.6 Å². The number of rotatable bonds is 17. The Balaban J connectivity index is 0.657. The number of nitrogen functional groups attached to an aromatic ring is 1. The average molecular weight is 939 g/mol. The van der Waals surface area contributed by atoms with E-state index in [-0.39, 0.29) is 47.5 Å². The summed E-state index contributed by atoms with van der Waals surface area (Å²) in [6.07, 6.45) is 10.2. The Kier molecular flexibility index (Phi) is 14.0. The minimum Gasteiger partial charge on any atom is -0.507 e. The number of nitrogens with one attached hydrogen (secondary N) is 1. The maximum Gasteiger partial charge on any atom is 0.264 e. The highest BCUT2D eigenvalue weighted by Crippen LogP contribution is 2.37. The Morgan fingerprint density at radius 1 is 0.812 bits per heavy atom. The van der Waals surface area contributed by atoms with E-state index in [9.17, 15) is 29.1 Å². The van der Waals surface area contributed by atoms with E-state index < -0.39 is 29.7 Å². The summed E-state index contributed by atoms with van der Waals surface area (Å²) >= 11 is 0. The molecule has 0 radical (unpaired) electrons. The maximum absolute atomic E-state index is 13.6. The van der Waals surface area contributed by atoms with Gasteiger partial charge in [0.25, 0.3) is 11.8 Å². The molecule has 0 bridgehead atoms. The van der Waals surface area contributed by atoms with Gasteiger partial charge in [0, 0.05) is 82.2 Å². The van der Waals surface area contributed by atoms with Crippen molar-refractivity contribution in [3.63, 3.8) is 0 Å². The molecule has 360 valence electrons. The van der Waals surface area contributed by atoms with Crippen LogP contribution in [0.3, 0.4) is 0 Å². The molecule has 9 rings (SSSR count). The predicted octanol–water partition coefficient (Wildman–Crippen LogP) is 5.32. The minimum absolute atomic E-state index is 0.0524. The van der Waals surface area contributed by atoms with Crippen molar-refractivity contribution in [1.82, 2.24) is 40.3 Å². The maximum atomic E-state index is 13.6. The van der Waals surface area contributed by atoms with Crippen LogP contribution in [0.15, 0.2) is 79.0 Å². The molecular weight excluding hydrogens is 881 g/mol. The van der Waals surface area contributed by atoms with E-state index in [0.717, 1.165) is 87.3 Å². The van der Waals surface area contributed by atoms with Crippen molar-refractivity contribution in [3.05, 3.63) is 90.1 Å². The van der Waals surface area contributed by atoms with Crippen LogP contribution < -0.4 is 30.5 Å². The normalized spacial score (nSPS) is 18.4. The number of piperidine rings is 2. The summed E-state index contributed by atoms with van der Waals surface area (Å²) in [6, 6.07) is 21.3. The first-order valence-electron chi connectivity index (χ1n) is 24.0. The summed E-state index contributed by atoms with van der Waals surface area (Å²) in [5.41, 5.74) is 10.4. The molecule has 3 saturated heterocycles. The summed E-state index contributed by atoms with van der Waals surface area (Å²) in [4.78, 5) is 73.6. The molecule has 4 N–H and O–H groups in total. The van der Waals surface area contributed by atoms with Crippen LogP contribution in [0.1, 0.15) is 91.3 Å². The number of anilines is 5. The zero-order valence-electron chi connectivity index (χ0n) is 38.8. The smallest absolute Gasteiger partial charge is 0.264 e. The van der Waals surface area contributed by atoms with Gasteiger partial charge >= 0.3 is 0 Å². The highest BCUT2D eigenvalue weighted by molar-refractivity contribution is 6.25. The third-order valence-electron chi connectivity index (χ3n) is 13.6. The van der Waals surface area contributed by atoms with E-state index in [1.807, 2.05) is 11.0 Å². The molecule has 0 aliphatic carbocycles. The predicted molar refractivity (Wildman–Crippen MR) is 258 cm³/mol. The Morgan fingerprint density at radius 3 is 2.30 bits per heavy atom. The second-order valence-corrected chi connectivity index (χ2v) is 18.1. The van der Waals surface area contributed by atoms with Gasteiger partial charge in [-0.15, -0.1) is 15.3 Å². The first-order chi connectivity index (χ1) is 33.5. The number of aryl methyl sites for hydroxylation is 1. The fourth-order valence-corrected chi connectivity index (χ4v) is 9.70. The molecule has 5 amide bonds. The Bertz CT molecular complexity index is 2700. The van der Waals surface area contributed by atoms with Crippen LogP contribution in [0.25, 0.3) is 11.3 Å². The van der Waals surface area contributed by atoms with Crippen LogP contribution in [-0.2, 0) is 20.9 Å². The van der Waals surface area contributed by atoms with E-state index in [0.29, 0.717) is 61.1 Å². The first-order valence-corrected chi connectivity index (χ1v) is 24.0. The Labute approximate surface area is 400 Å². The van der Waals surface area contributed by atoms with Crippen LogP contribution in [0.4, 0.5) is 28.7 Å². The van der Waals surface area contributed by atoms with Crippen molar-refractivity contribution < 1.29 is 33.8 Å². The number of aromatic nitrogens is 5. The molecule has 3 fully saturated rings. The molecule has 3 aromatic carbocycles. The fourth-order valence-electron chi connectivity index (χ4n) is 9.70. The van der Waals surface area contributed by atoms with Crippen LogP contribution >= 0.6 is 0 Å². The number of aromatic hydroxyl groups is 1. The van der Waals surface area contributed by atoms with E-state index in [4.69, 9.17) is 10.5 Å². The molecule has 2 unspecified atom stereocenters. The van der Waals surface area contributed by atoms with Crippen molar-refractivity contribution in [2.45, 2.75) is 89.3 Å². The number of imide groups is 2. The monoisotopic (exact) mass is 938 g/mol. The summed E-state index contributed by atoms with van der Waals surface area (Å²) in [6.45, 7) is 5.29. The number of piperazine rings is 1. The molecule has 69 heavy (non-hydrogen) atoms. The van der Waals surface area contributed by atoms with Gasteiger partial charge in [-0.2, -0.15) is 0 Å². The lowest BCUT2D eigenvalue weighted by Crippen LogP contribution is -2.54. The van der Waals surface area contributed by atoms with Crippen LogP contribution in [0, 0.1) is 0 Å². The lowest BCUT2D eigenvalue weighted by Gasteiger charge is -2.37. The summed E-state index contributed by atoms with van der Waals surface area (Å²) in [5, 5.41) is 29.4. The molecule has 4 aliphatic heterocycles. The average Bonchev–Trinajstić information content (AvgIpc) is 3.94. The van der Waals surface area contributed by atoms with E-state index in [1.54, 1.807) is 65.3 Å². The molecule has 5 aromatic rings. The number of phenolic OH excluding ortho intramolecular Hbond substituents is 1. The molecule has 0 spiro atoms. The molecule has 0 saturated carbocycles. The van der Waals surface area contributed by atoms with E-state index >= 15 is 0 Å². The molecule has 2 atom stereocenters. The quantitative estimate of drug-likeness (QED) is 0.0793. The topological polar surface area (TPSA) is 226 Å². The van der Waals surface area contributed by atoms with Crippen LogP contribution in [0.2, 0.25) is 0 Å². The molecule has 6 heterocycles. The first kappa shape index (κ1) is 46.5. The molecule has 2 aromatic heterocycles. The number of amides is 5. The number of hydrogen-bond acceptors (Lipinski definition) is 15.